The van der Waals surface area contributed by atoms with Crippen molar-refractivity contribution >= 4 is 27.6 Å². The molecule has 3 aromatic heterocycles. The lowest BCUT2D eigenvalue weighted by molar-refractivity contribution is 0.582. The van der Waals surface area contributed by atoms with Gasteiger partial charge in [-0.05, 0) is 31.2 Å². The Morgan fingerprint density at radius 1 is 1.23 bits per heavy atom. The predicted molar refractivity (Wildman–Crippen MR) is 87.9 cm³/mol. The maximum absolute atomic E-state index is 13.6. The molecule has 0 aliphatic heterocycles. The lowest BCUT2D eigenvalue weighted by atomic mass is 10.2. The first-order chi connectivity index (χ1) is 10.6. The molecule has 0 aliphatic carbocycles. The summed E-state index contributed by atoms with van der Waals surface area (Å²) in [7, 11) is 3.74. The molecule has 5 heteroatoms. The van der Waals surface area contributed by atoms with Crippen LogP contribution in [0, 0.1) is 0 Å². The number of rotatable bonds is 3. The molecule has 0 aliphatic rings. The lowest BCUT2D eigenvalue weighted by Gasteiger charge is -2.16. The Kier molecular flexibility index (Phi) is 3.63. The summed E-state index contributed by atoms with van der Waals surface area (Å²) in [5.74, 6) is -0.286. The largest absolute Gasteiger partial charge is 0.376 e. The van der Waals surface area contributed by atoms with Crippen molar-refractivity contribution < 1.29 is 4.39 Å². The minimum absolute atomic E-state index is 0.286. The number of aromatic nitrogens is 3. The summed E-state index contributed by atoms with van der Waals surface area (Å²) in [5, 5.41) is 2.04. The lowest BCUT2D eigenvalue weighted by Crippen LogP contribution is -2.11. The van der Waals surface area contributed by atoms with Gasteiger partial charge in [-0.3, -0.25) is 4.98 Å². The zero-order valence-electron chi connectivity index (χ0n) is 12.8. The van der Waals surface area contributed by atoms with E-state index in [4.69, 9.17) is 0 Å². The van der Waals surface area contributed by atoms with Crippen LogP contribution in [0.4, 0.5) is 4.39 Å². The van der Waals surface area contributed by atoms with Crippen LogP contribution >= 0.6 is 0 Å². The molecule has 0 aromatic carbocycles. The number of halogens is 1. The van der Waals surface area contributed by atoms with Crippen LogP contribution in [0.25, 0.3) is 27.6 Å². The SMILES string of the molecule is C/C=C(F)\C=C(\c1ccc2c(n1)[nH]c1ccncc12)N(C)C. The third-order valence-electron chi connectivity index (χ3n) is 3.55. The van der Waals surface area contributed by atoms with Crippen molar-refractivity contribution in [3.8, 4) is 0 Å². The van der Waals surface area contributed by atoms with Gasteiger partial charge in [0.25, 0.3) is 0 Å². The van der Waals surface area contributed by atoms with Gasteiger partial charge in [-0.15, -0.1) is 0 Å². The van der Waals surface area contributed by atoms with Crippen molar-refractivity contribution in [3.05, 3.63) is 54.3 Å². The summed E-state index contributed by atoms with van der Waals surface area (Å²) in [6.45, 7) is 1.67. The molecule has 3 aromatic rings. The second-order valence-electron chi connectivity index (χ2n) is 5.24. The molecule has 3 rings (SSSR count). The van der Waals surface area contributed by atoms with Gasteiger partial charge in [0.2, 0.25) is 0 Å². The van der Waals surface area contributed by atoms with Gasteiger partial charge < -0.3 is 9.88 Å². The van der Waals surface area contributed by atoms with Gasteiger partial charge in [-0.2, -0.15) is 0 Å². The summed E-state index contributed by atoms with van der Waals surface area (Å²) in [4.78, 5) is 13.9. The van der Waals surface area contributed by atoms with E-state index in [0.29, 0.717) is 11.4 Å². The third kappa shape index (κ3) is 2.45. The van der Waals surface area contributed by atoms with E-state index in [0.717, 1.165) is 21.9 Å². The highest BCUT2D eigenvalue weighted by molar-refractivity contribution is 6.05. The van der Waals surface area contributed by atoms with Crippen molar-refractivity contribution in [1.82, 2.24) is 19.9 Å². The maximum Gasteiger partial charge on any atom is 0.139 e. The molecule has 4 nitrogen and oxygen atoms in total. The molecular weight excluding hydrogens is 279 g/mol. The Morgan fingerprint density at radius 3 is 2.77 bits per heavy atom. The van der Waals surface area contributed by atoms with Gasteiger partial charge in [0, 0.05) is 37.3 Å². The minimum atomic E-state index is -0.286. The van der Waals surface area contributed by atoms with Crippen molar-refractivity contribution in [2.24, 2.45) is 0 Å². The second-order valence-corrected chi connectivity index (χ2v) is 5.24. The monoisotopic (exact) mass is 296 g/mol. The summed E-state index contributed by atoms with van der Waals surface area (Å²) in [6.07, 6.45) is 6.47. The van der Waals surface area contributed by atoms with Crippen molar-refractivity contribution in [2.75, 3.05) is 14.1 Å². The quantitative estimate of drug-likeness (QED) is 0.746. The van der Waals surface area contributed by atoms with Gasteiger partial charge in [-0.1, -0.05) is 6.08 Å². The minimum Gasteiger partial charge on any atom is -0.376 e. The fraction of sp³-hybridized carbons (Fsp3) is 0.176. The van der Waals surface area contributed by atoms with Crippen molar-refractivity contribution in [3.63, 3.8) is 0 Å². The standard InChI is InChI=1S/C17H17FN4/c1-4-11(18)9-16(22(2)3)15-6-5-12-13-10-19-8-7-14(13)20-17(12)21-15/h4-10H,1-3H3,(H,20,21)/b11-4+,16-9-. The van der Waals surface area contributed by atoms with Crippen LogP contribution in [-0.2, 0) is 0 Å². The Morgan fingerprint density at radius 2 is 2.05 bits per heavy atom. The van der Waals surface area contributed by atoms with Gasteiger partial charge >= 0.3 is 0 Å². The summed E-state index contributed by atoms with van der Waals surface area (Å²) in [5.41, 5.74) is 3.20. The number of aromatic amines is 1. The number of fused-ring (bicyclic) bond motifs is 3. The smallest absolute Gasteiger partial charge is 0.139 e. The first-order valence-electron chi connectivity index (χ1n) is 7.04. The molecule has 0 fully saturated rings. The molecule has 3 heterocycles. The van der Waals surface area contributed by atoms with E-state index in [-0.39, 0.29) is 5.83 Å². The normalized spacial score (nSPS) is 13.1. The molecule has 0 amide bonds. The first kappa shape index (κ1) is 14.3. The van der Waals surface area contributed by atoms with Crippen LogP contribution in [0.15, 0.2) is 48.6 Å². The Labute approximate surface area is 128 Å². The molecular formula is C17H17FN4. The summed E-state index contributed by atoms with van der Waals surface area (Å²) < 4.78 is 13.6. The van der Waals surface area contributed by atoms with Gasteiger partial charge in [0.1, 0.15) is 11.5 Å². The Hall–Kier alpha value is -2.69. The molecule has 0 saturated carbocycles. The highest BCUT2D eigenvalue weighted by Crippen LogP contribution is 2.26. The van der Waals surface area contributed by atoms with E-state index < -0.39 is 0 Å². The molecule has 0 unspecified atom stereocenters. The van der Waals surface area contributed by atoms with Crippen LogP contribution in [0.3, 0.4) is 0 Å². The highest BCUT2D eigenvalue weighted by atomic mass is 19.1. The number of hydrogen-bond acceptors (Lipinski definition) is 3. The Balaban J connectivity index is 2.18. The average Bonchev–Trinajstić information content (AvgIpc) is 2.89. The number of H-pyrrole nitrogens is 1. The zero-order chi connectivity index (χ0) is 15.7. The van der Waals surface area contributed by atoms with Gasteiger partial charge in [0.15, 0.2) is 0 Å². The molecule has 0 bridgehead atoms. The first-order valence-corrected chi connectivity index (χ1v) is 7.04. The Bertz CT molecular complexity index is 890. The predicted octanol–water partition coefficient (Wildman–Crippen LogP) is 3.89. The van der Waals surface area contributed by atoms with Crippen LogP contribution in [0.5, 0.6) is 0 Å². The summed E-state index contributed by atoms with van der Waals surface area (Å²) >= 11 is 0. The number of nitrogens with zero attached hydrogens (tertiary/aromatic N) is 3. The van der Waals surface area contributed by atoms with Crippen molar-refractivity contribution in [2.45, 2.75) is 6.92 Å². The number of nitrogens with one attached hydrogen (secondary N) is 1. The molecule has 1 N–H and O–H groups in total. The van der Waals surface area contributed by atoms with Crippen LogP contribution < -0.4 is 0 Å². The molecule has 112 valence electrons. The van der Waals surface area contributed by atoms with Gasteiger partial charge in [-0.25, -0.2) is 9.37 Å². The molecule has 0 atom stereocenters. The molecule has 0 saturated heterocycles. The van der Waals surface area contributed by atoms with E-state index in [9.17, 15) is 4.39 Å². The maximum atomic E-state index is 13.6. The van der Waals surface area contributed by atoms with Crippen LogP contribution in [0.2, 0.25) is 0 Å². The van der Waals surface area contributed by atoms with Crippen LogP contribution in [-0.4, -0.2) is 33.9 Å². The fourth-order valence-corrected chi connectivity index (χ4v) is 2.41. The number of pyridine rings is 2. The highest BCUT2D eigenvalue weighted by Gasteiger charge is 2.11. The fourth-order valence-electron chi connectivity index (χ4n) is 2.41. The zero-order valence-corrected chi connectivity index (χ0v) is 12.8. The topological polar surface area (TPSA) is 44.8 Å². The number of hydrogen-bond donors (Lipinski definition) is 1. The van der Waals surface area contributed by atoms with Crippen LogP contribution in [0.1, 0.15) is 12.6 Å². The van der Waals surface area contributed by atoms with E-state index >= 15 is 0 Å². The van der Waals surface area contributed by atoms with Crippen molar-refractivity contribution in [1.29, 1.82) is 0 Å². The average molecular weight is 296 g/mol. The third-order valence-corrected chi connectivity index (χ3v) is 3.55. The van der Waals surface area contributed by atoms with E-state index in [1.54, 1.807) is 13.1 Å². The number of allylic oxidation sites excluding steroid dienone is 3. The molecule has 0 radical (unpaired) electrons. The molecule has 0 spiro atoms. The van der Waals surface area contributed by atoms with E-state index in [1.165, 1.54) is 12.2 Å². The van der Waals surface area contributed by atoms with E-state index in [2.05, 4.69) is 15.0 Å². The van der Waals surface area contributed by atoms with Gasteiger partial charge in [0.05, 0.1) is 16.9 Å². The molecule has 22 heavy (non-hydrogen) atoms. The summed E-state index contributed by atoms with van der Waals surface area (Å²) in [6, 6.07) is 5.80. The van der Waals surface area contributed by atoms with E-state index in [1.807, 2.05) is 43.4 Å². The second kappa shape index (κ2) is 5.60.